The molecule has 1 amide bonds. The SMILES string of the molecule is O=C(O)CNC(=O)c1c(O)c2nc3cc(-c4ccccc4)ccc3n2n(Cc2ccc(Cl)cc2)c1=O. The summed E-state index contributed by atoms with van der Waals surface area (Å²) in [6, 6.07) is 22.0. The van der Waals surface area contributed by atoms with Gasteiger partial charge in [0.2, 0.25) is 0 Å². The smallest absolute Gasteiger partial charge is 0.322 e. The molecule has 3 N–H and O–H groups in total. The van der Waals surface area contributed by atoms with Gasteiger partial charge in [0.25, 0.3) is 11.5 Å². The van der Waals surface area contributed by atoms with Crippen LogP contribution in [0.25, 0.3) is 27.8 Å². The first-order valence-electron chi connectivity index (χ1n) is 10.9. The van der Waals surface area contributed by atoms with Gasteiger partial charge < -0.3 is 15.5 Å². The Morgan fingerprint density at radius 3 is 2.39 bits per heavy atom. The molecule has 0 spiro atoms. The molecule has 3 aromatic carbocycles. The number of halogens is 1. The zero-order chi connectivity index (χ0) is 25.4. The van der Waals surface area contributed by atoms with E-state index in [-0.39, 0.29) is 12.2 Å². The molecular formula is C26H19ClN4O5. The first kappa shape index (κ1) is 23.1. The molecule has 0 atom stereocenters. The van der Waals surface area contributed by atoms with Crippen molar-refractivity contribution in [1.29, 1.82) is 0 Å². The largest absolute Gasteiger partial charge is 0.504 e. The van der Waals surface area contributed by atoms with Gasteiger partial charge in [0.1, 0.15) is 6.54 Å². The Labute approximate surface area is 208 Å². The van der Waals surface area contributed by atoms with Gasteiger partial charge >= 0.3 is 5.97 Å². The number of nitrogens with zero attached hydrogens (tertiary/aromatic N) is 3. The molecule has 0 aliphatic carbocycles. The van der Waals surface area contributed by atoms with Crippen molar-refractivity contribution in [2.24, 2.45) is 0 Å². The molecule has 5 rings (SSSR count). The second-order valence-corrected chi connectivity index (χ2v) is 8.54. The van der Waals surface area contributed by atoms with Crippen molar-refractivity contribution in [1.82, 2.24) is 19.5 Å². The fourth-order valence-corrected chi connectivity index (χ4v) is 4.19. The number of hydrogen-bond acceptors (Lipinski definition) is 5. The normalized spacial score (nSPS) is 11.1. The first-order chi connectivity index (χ1) is 17.3. The highest BCUT2D eigenvalue weighted by Gasteiger charge is 2.25. The molecule has 0 saturated carbocycles. The van der Waals surface area contributed by atoms with Gasteiger partial charge in [0.05, 0.1) is 17.6 Å². The highest BCUT2D eigenvalue weighted by Crippen LogP contribution is 2.29. The van der Waals surface area contributed by atoms with Crippen LogP contribution in [0.4, 0.5) is 0 Å². The molecular weight excluding hydrogens is 484 g/mol. The number of carboxylic acid groups (broad SMARTS) is 1. The third-order valence-corrected chi connectivity index (χ3v) is 6.00. The summed E-state index contributed by atoms with van der Waals surface area (Å²) in [5, 5.41) is 22.5. The van der Waals surface area contributed by atoms with E-state index in [4.69, 9.17) is 16.7 Å². The van der Waals surface area contributed by atoms with E-state index in [9.17, 15) is 19.5 Å². The molecule has 0 bridgehead atoms. The van der Waals surface area contributed by atoms with Crippen LogP contribution in [0.3, 0.4) is 0 Å². The Balaban J connectivity index is 1.75. The average Bonchev–Trinajstić information content (AvgIpc) is 3.26. The summed E-state index contributed by atoms with van der Waals surface area (Å²) in [6.07, 6.45) is 0. The number of fused-ring (bicyclic) bond motifs is 3. The maximum Gasteiger partial charge on any atom is 0.322 e. The molecule has 2 aromatic heterocycles. The average molecular weight is 503 g/mol. The first-order valence-corrected chi connectivity index (χ1v) is 11.3. The number of nitrogens with one attached hydrogen (secondary N) is 1. The number of benzene rings is 3. The minimum Gasteiger partial charge on any atom is -0.504 e. The molecule has 5 aromatic rings. The second kappa shape index (κ2) is 9.20. The Morgan fingerprint density at radius 2 is 1.69 bits per heavy atom. The number of aliphatic carboxylic acids is 1. The molecule has 0 fully saturated rings. The van der Waals surface area contributed by atoms with Gasteiger partial charge in [-0.1, -0.05) is 60.1 Å². The van der Waals surface area contributed by atoms with Crippen LogP contribution in [-0.4, -0.2) is 42.8 Å². The van der Waals surface area contributed by atoms with Crippen molar-refractivity contribution in [2.45, 2.75) is 6.54 Å². The lowest BCUT2D eigenvalue weighted by atomic mass is 10.1. The fraction of sp³-hybridized carbons (Fsp3) is 0.0769. The molecule has 0 radical (unpaired) electrons. The van der Waals surface area contributed by atoms with E-state index in [0.29, 0.717) is 21.6 Å². The molecule has 0 aliphatic rings. The van der Waals surface area contributed by atoms with Crippen LogP contribution in [0.2, 0.25) is 5.02 Å². The van der Waals surface area contributed by atoms with Crippen LogP contribution in [0.5, 0.6) is 5.75 Å². The predicted octanol–water partition coefficient (Wildman–Crippen LogP) is 3.54. The molecule has 2 heterocycles. The Hall–Kier alpha value is -4.63. The summed E-state index contributed by atoms with van der Waals surface area (Å²) in [6.45, 7) is -0.672. The lowest BCUT2D eigenvalue weighted by molar-refractivity contribution is -0.135. The molecule has 9 nitrogen and oxygen atoms in total. The zero-order valence-electron chi connectivity index (χ0n) is 18.7. The standard InChI is InChI=1S/C26H19ClN4O5/c27-18-9-6-15(7-10-18)14-30-26(36)22(25(35)28-13-21(32)33)23(34)24-29-19-12-17(8-11-20(19)31(24)30)16-4-2-1-3-5-16/h1-12,34H,13-14H2,(H,28,35)(H,32,33). The van der Waals surface area contributed by atoms with Crippen LogP contribution < -0.4 is 10.9 Å². The van der Waals surface area contributed by atoms with Crippen molar-refractivity contribution in [3.05, 3.63) is 99.3 Å². The van der Waals surface area contributed by atoms with E-state index in [1.807, 2.05) is 42.5 Å². The number of aromatic hydroxyl groups is 1. The van der Waals surface area contributed by atoms with Crippen LogP contribution >= 0.6 is 11.6 Å². The van der Waals surface area contributed by atoms with Crippen molar-refractivity contribution in [3.63, 3.8) is 0 Å². The van der Waals surface area contributed by atoms with Crippen LogP contribution in [0.15, 0.2) is 77.6 Å². The second-order valence-electron chi connectivity index (χ2n) is 8.11. The third-order valence-electron chi connectivity index (χ3n) is 5.75. The van der Waals surface area contributed by atoms with Crippen molar-refractivity contribution in [3.8, 4) is 16.9 Å². The zero-order valence-corrected chi connectivity index (χ0v) is 19.4. The van der Waals surface area contributed by atoms with Gasteiger partial charge in [0, 0.05) is 5.02 Å². The van der Waals surface area contributed by atoms with Crippen LogP contribution in [0.1, 0.15) is 15.9 Å². The van der Waals surface area contributed by atoms with Crippen LogP contribution in [-0.2, 0) is 11.3 Å². The lowest BCUT2D eigenvalue weighted by Gasteiger charge is -2.14. The van der Waals surface area contributed by atoms with Crippen molar-refractivity contribution >= 4 is 40.2 Å². The van der Waals surface area contributed by atoms with Gasteiger partial charge in [-0.25, -0.2) is 14.2 Å². The number of rotatable bonds is 6. The van der Waals surface area contributed by atoms with E-state index < -0.39 is 35.3 Å². The molecule has 0 aliphatic heterocycles. The van der Waals surface area contributed by atoms with E-state index in [2.05, 4.69) is 10.3 Å². The van der Waals surface area contributed by atoms with Gasteiger partial charge in [-0.3, -0.25) is 14.4 Å². The van der Waals surface area contributed by atoms with Gasteiger partial charge in [-0.05, 0) is 41.0 Å². The van der Waals surface area contributed by atoms with E-state index in [1.165, 1.54) is 9.20 Å². The Kier molecular flexibility index (Phi) is 5.91. The summed E-state index contributed by atoms with van der Waals surface area (Å²) in [5.74, 6) is -2.93. The molecule has 0 saturated heterocycles. The summed E-state index contributed by atoms with van der Waals surface area (Å²) in [7, 11) is 0. The number of carbonyl (C=O) groups excluding carboxylic acids is 1. The van der Waals surface area contributed by atoms with Crippen LogP contribution in [0, 0.1) is 0 Å². The summed E-state index contributed by atoms with van der Waals surface area (Å²) in [4.78, 5) is 41.7. The van der Waals surface area contributed by atoms with Gasteiger partial charge in [0.15, 0.2) is 17.0 Å². The maximum atomic E-state index is 13.5. The lowest BCUT2D eigenvalue weighted by Crippen LogP contribution is -2.37. The van der Waals surface area contributed by atoms with Crippen molar-refractivity contribution in [2.75, 3.05) is 6.54 Å². The van der Waals surface area contributed by atoms with E-state index in [1.54, 1.807) is 30.3 Å². The Morgan fingerprint density at radius 1 is 0.972 bits per heavy atom. The number of carboxylic acids is 1. The topological polar surface area (TPSA) is 126 Å². The van der Waals surface area contributed by atoms with Crippen molar-refractivity contribution < 1.29 is 19.8 Å². The molecule has 10 heteroatoms. The highest BCUT2D eigenvalue weighted by atomic mass is 35.5. The summed E-state index contributed by atoms with van der Waals surface area (Å²) in [5.41, 5.74) is 2.21. The van der Waals surface area contributed by atoms with E-state index >= 15 is 0 Å². The quantitative estimate of drug-likeness (QED) is 0.326. The summed E-state index contributed by atoms with van der Waals surface area (Å²) < 4.78 is 2.75. The number of hydrogen-bond donors (Lipinski definition) is 3. The van der Waals surface area contributed by atoms with Gasteiger partial charge in [-0.15, -0.1) is 0 Å². The number of aromatic nitrogens is 3. The Bertz CT molecular complexity index is 1690. The maximum absolute atomic E-state index is 13.5. The number of carbonyl (C=O) groups is 2. The molecule has 36 heavy (non-hydrogen) atoms. The number of imidazole rings is 1. The third kappa shape index (κ3) is 4.16. The number of amides is 1. The minimum atomic E-state index is -1.29. The minimum absolute atomic E-state index is 0.00995. The molecule has 180 valence electrons. The fourth-order valence-electron chi connectivity index (χ4n) is 4.06. The summed E-state index contributed by atoms with van der Waals surface area (Å²) >= 11 is 6.00. The van der Waals surface area contributed by atoms with E-state index in [0.717, 1.165) is 11.1 Å². The predicted molar refractivity (Wildman–Crippen MR) is 135 cm³/mol. The monoisotopic (exact) mass is 502 g/mol. The molecule has 0 unspecified atom stereocenters. The highest BCUT2D eigenvalue weighted by molar-refractivity contribution is 6.30. The van der Waals surface area contributed by atoms with Gasteiger partial charge in [-0.2, -0.15) is 0 Å².